The molecule has 1 amide bonds. The maximum atomic E-state index is 13.5. The van der Waals surface area contributed by atoms with Crippen LogP contribution in [0.3, 0.4) is 0 Å². The van der Waals surface area contributed by atoms with Crippen LogP contribution in [-0.2, 0) is 5.75 Å². The molecule has 0 radical (unpaired) electrons. The van der Waals surface area contributed by atoms with Crippen LogP contribution in [0.15, 0.2) is 112 Å². The first-order valence-electron chi connectivity index (χ1n) is 14.7. The summed E-state index contributed by atoms with van der Waals surface area (Å²) in [5.74, 6) is 1.54. The van der Waals surface area contributed by atoms with E-state index in [0.29, 0.717) is 57.0 Å². The second-order valence-corrected chi connectivity index (χ2v) is 13.4. The Morgan fingerprint density at radius 2 is 1.61 bits per heavy atom. The Labute approximate surface area is 284 Å². The third-order valence-electron chi connectivity index (χ3n) is 7.82. The first kappa shape index (κ1) is 30.7. The van der Waals surface area contributed by atoms with Crippen LogP contribution in [0.1, 0.15) is 32.7 Å². The number of aromatic nitrogens is 4. The lowest BCUT2D eigenvalue weighted by Crippen LogP contribution is -2.50. The topological polar surface area (TPSA) is 80.3 Å². The van der Waals surface area contributed by atoms with Crippen LogP contribution in [0.2, 0.25) is 10.0 Å². The third-order valence-corrected chi connectivity index (χ3v) is 10.3. The maximum Gasteiger partial charge on any atom is 0.273 e. The van der Waals surface area contributed by atoms with E-state index in [-0.39, 0.29) is 11.9 Å². The molecule has 3 aromatic heterocycles. The summed E-state index contributed by atoms with van der Waals surface area (Å²) in [4.78, 5) is 22.6. The fraction of sp³-hybridized carbons (Fsp3) is 0.176. The molecule has 46 heavy (non-hydrogen) atoms. The van der Waals surface area contributed by atoms with Gasteiger partial charge in [0.2, 0.25) is 5.82 Å². The smallest absolute Gasteiger partial charge is 0.273 e. The average Bonchev–Trinajstić information content (AvgIpc) is 3.87. The summed E-state index contributed by atoms with van der Waals surface area (Å²) in [7, 11) is 0. The highest BCUT2D eigenvalue weighted by atomic mass is 35.5. The van der Waals surface area contributed by atoms with E-state index >= 15 is 0 Å². The van der Waals surface area contributed by atoms with E-state index in [0.717, 1.165) is 18.1 Å². The molecule has 0 saturated carbocycles. The molecule has 0 N–H and O–H groups in total. The summed E-state index contributed by atoms with van der Waals surface area (Å²) in [6, 6.07) is 30.1. The zero-order chi connectivity index (χ0) is 31.5. The molecule has 4 heterocycles. The van der Waals surface area contributed by atoms with E-state index in [9.17, 15) is 4.79 Å². The van der Waals surface area contributed by atoms with Gasteiger partial charge in [-0.25, -0.2) is 4.98 Å². The summed E-state index contributed by atoms with van der Waals surface area (Å²) in [6.07, 6.45) is 1.59. The molecule has 6 aromatic rings. The Kier molecular flexibility index (Phi) is 9.23. The average molecular weight is 688 g/mol. The van der Waals surface area contributed by atoms with Gasteiger partial charge in [-0.3, -0.25) is 14.3 Å². The van der Waals surface area contributed by atoms with Crippen LogP contribution in [0.5, 0.6) is 0 Å². The molecule has 3 aromatic carbocycles. The quantitative estimate of drug-likeness (QED) is 0.142. The first-order chi connectivity index (χ1) is 22.5. The van der Waals surface area contributed by atoms with E-state index in [4.69, 9.17) is 32.6 Å². The van der Waals surface area contributed by atoms with Gasteiger partial charge in [-0.2, -0.15) is 0 Å². The molecule has 0 unspecified atom stereocenters. The van der Waals surface area contributed by atoms with Gasteiger partial charge in [-0.1, -0.05) is 95.6 Å². The SMILES string of the molecule is O=C(c1csc(CSc2nnc(-c3ccco3)n2-c2ccc(Cl)cc2Cl)n1)N1CCN(C(c2ccccc2)c2ccccc2)CC1. The molecule has 8 nitrogen and oxygen atoms in total. The Morgan fingerprint density at radius 1 is 0.891 bits per heavy atom. The van der Waals surface area contributed by atoms with Gasteiger partial charge in [-0.05, 0) is 41.5 Å². The lowest BCUT2D eigenvalue weighted by Gasteiger charge is -2.39. The van der Waals surface area contributed by atoms with Gasteiger partial charge in [0.25, 0.3) is 5.91 Å². The van der Waals surface area contributed by atoms with Crippen molar-refractivity contribution in [3.05, 3.63) is 135 Å². The van der Waals surface area contributed by atoms with Crippen LogP contribution in [0.4, 0.5) is 0 Å². The third kappa shape index (κ3) is 6.49. The highest BCUT2D eigenvalue weighted by Gasteiger charge is 2.29. The molecule has 0 spiro atoms. The van der Waals surface area contributed by atoms with E-state index in [2.05, 4.69) is 63.6 Å². The van der Waals surface area contributed by atoms with Crippen LogP contribution in [0.25, 0.3) is 17.3 Å². The predicted octanol–water partition coefficient (Wildman–Crippen LogP) is 8.13. The molecule has 1 saturated heterocycles. The van der Waals surface area contributed by atoms with Gasteiger partial charge in [0.1, 0.15) is 10.7 Å². The Balaban J connectivity index is 1.03. The summed E-state index contributed by atoms with van der Waals surface area (Å²) in [5, 5.41) is 13.1. The fourth-order valence-electron chi connectivity index (χ4n) is 5.64. The molecule has 1 fully saturated rings. The van der Waals surface area contributed by atoms with Crippen molar-refractivity contribution in [2.24, 2.45) is 0 Å². The number of thiazole rings is 1. The molecule has 0 aliphatic carbocycles. The number of halogens is 2. The zero-order valence-corrected chi connectivity index (χ0v) is 27.6. The molecule has 232 valence electrons. The number of thioether (sulfide) groups is 1. The number of piperazine rings is 1. The molecule has 1 aliphatic rings. The van der Waals surface area contributed by atoms with E-state index < -0.39 is 0 Å². The lowest BCUT2D eigenvalue weighted by molar-refractivity contribution is 0.0592. The minimum atomic E-state index is -0.0423. The molecular weight excluding hydrogens is 659 g/mol. The number of hydrogen-bond donors (Lipinski definition) is 0. The van der Waals surface area contributed by atoms with Crippen LogP contribution < -0.4 is 0 Å². The van der Waals surface area contributed by atoms with E-state index in [1.165, 1.54) is 34.2 Å². The van der Waals surface area contributed by atoms with Crippen molar-refractivity contribution >= 4 is 52.2 Å². The molecular formula is C34H28Cl2N6O2S2. The largest absolute Gasteiger partial charge is 0.461 e. The molecule has 12 heteroatoms. The molecule has 1 aliphatic heterocycles. The number of furan rings is 1. The lowest BCUT2D eigenvalue weighted by atomic mass is 9.96. The van der Waals surface area contributed by atoms with E-state index in [1.54, 1.807) is 24.5 Å². The van der Waals surface area contributed by atoms with Crippen molar-refractivity contribution in [3.8, 4) is 17.3 Å². The monoisotopic (exact) mass is 686 g/mol. The van der Waals surface area contributed by atoms with Crippen molar-refractivity contribution in [1.82, 2.24) is 29.5 Å². The number of benzene rings is 3. The van der Waals surface area contributed by atoms with Crippen molar-refractivity contribution in [2.75, 3.05) is 26.2 Å². The van der Waals surface area contributed by atoms with Gasteiger partial charge >= 0.3 is 0 Å². The van der Waals surface area contributed by atoms with Gasteiger partial charge in [0.05, 0.1) is 28.8 Å². The number of amides is 1. The predicted molar refractivity (Wildman–Crippen MR) is 183 cm³/mol. The second-order valence-electron chi connectivity index (χ2n) is 10.7. The molecule has 7 rings (SSSR count). The van der Waals surface area contributed by atoms with Crippen molar-refractivity contribution in [2.45, 2.75) is 17.0 Å². The number of carbonyl (C=O) groups excluding carboxylic acids is 1. The van der Waals surface area contributed by atoms with Crippen LogP contribution >= 0.6 is 46.3 Å². The van der Waals surface area contributed by atoms with Gasteiger partial charge in [0.15, 0.2) is 10.9 Å². The zero-order valence-electron chi connectivity index (χ0n) is 24.5. The Morgan fingerprint density at radius 3 is 2.26 bits per heavy atom. The van der Waals surface area contributed by atoms with Crippen molar-refractivity contribution < 1.29 is 9.21 Å². The fourth-order valence-corrected chi connectivity index (χ4v) is 7.86. The van der Waals surface area contributed by atoms with Gasteiger partial charge in [-0.15, -0.1) is 21.5 Å². The van der Waals surface area contributed by atoms with Gasteiger partial charge < -0.3 is 9.32 Å². The standard InChI is InChI=1S/C34H28Cl2N6O2S2/c35-25-13-14-28(26(36)20-25)42-32(29-12-7-19-44-29)38-39-34(42)46-22-30-37-27(21-45-30)33(43)41-17-15-40(16-18-41)31(23-8-3-1-4-9-23)24-10-5-2-6-11-24/h1-14,19-21,31H,15-18,22H2. The summed E-state index contributed by atoms with van der Waals surface area (Å²) in [6.45, 7) is 2.82. The first-order valence-corrected chi connectivity index (χ1v) is 17.3. The number of hydrogen-bond acceptors (Lipinski definition) is 8. The summed E-state index contributed by atoms with van der Waals surface area (Å²) >= 11 is 15.7. The minimum absolute atomic E-state index is 0.0423. The highest BCUT2D eigenvalue weighted by molar-refractivity contribution is 7.98. The highest BCUT2D eigenvalue weighted by Crippen LogP contribution is 2.35. The van der Waals surface area contributed by atoms with Crippen molar-refractivity contribution in [1.29, 1.82) is 0 Å². The second kappa shape index (κ2) is 13.8. The number of nitrogens with zero attached hydrogens (tertiary/aromatic N) is 6. The summed E-state index contributed by atoms with van der Waals surface area (Å²) < 4.78 is 7.46. The molecule has 0 atom stereocenters. The normalized spacial score (nSPS) is 13.8. The summed E-state index contributed by atoms with van der Waals surface area (Å²) in [5.41, 5.74) is 3.65. The maximum absolute atomic E-state index is 13.5. The minimum Gasteiger partial charge on any atom is -0.461 e. The van der Waals surface area contributed by atoms with Crippen LogP contribution in [-0.4, -0.2) is 61.6 Å². The number of carbonyl (C=O) groups is 1. The van der Waals surface area contributed by atoms with Crippen LogP contribution in [0, 0.1) is 0 Å². The number of rotatable bonds is 9. The molecule has 0 bridgehead atoms. The Hall–Kier alpha value is -3.93. The van der Waals surface area contributed by atoms with E-state index in [1.807, 2.05) is 39.1 Å². The van der Waals surface area contributed by atoms with Crippen molar-refractivity contribution in [3.63, 3.8) is 0 Å². The Bertz CT molecular complexity index is 1880. The van der Waals surface area contributed by atoms with Gasteiger partial charge in [0, 0.05) is 36.6 Å².